The molecular weight excluding hydrogens is 397 g/mol. The smallest absolute Gasteiger partial charge is 0.253 e. The minimum atomic E-state index is -0.465. The average molecular weight is 419 g/mol. The van der Waals surface area contributed by atoms with Crippen molar-refractivity contribution in [2.75, 3.05) is 33.3 Å². The fourth-order valence-electron chi connectivity index (χ4n) is 3.44. The topological polar surface area (TPSA) is 61.3 Å². The molecule has 0 aliphatic carbocycles. The van der Waals surface area contributed by atoms with Gasteiger partial charge in [0.05, 0.1) is 5.56 Å². The molecule has 1 unspecified atom stereocenters. The zero-order chi connectivity index (χ0) is 21.6. The molecule has 158 valence electrons. The molecule has 1 aromatic carbocycles. The highest BCUT2D eigenvalue weighted by molar-refractivity contribution is 5.94. The van der Waals surface area contributed by atoms with Crippen LogP contribution in [0.25, 0.3) is 0 Å². The molecule has 2 aliphatic heterocycles. The van der Waals surface area contributed by atoms with Gasteiger partial charge in [0.25, 0.3) is 5.91 Å². The highest BCUT2D eigenvalue weighted by Crippen LogP contribution is 2.16. The Morgan fingerprint density at radius 2 is 2.00 bits per heavy atom. The predicted octanol–water partition coefficient (Wildman–Crippen LogP) is 2.12. The summed E-state index contributed by atoms with van der Waals surface area (Å²) in [6.45, 7) is 2.35. The number of aromatic nitrogens is 1. The molecule has 1 amide bonds. The molecule has 3 heterocycles. The van der Waals surface area contributed by atoms with E-state index in [2.05, 4.69) is 26.8 Å². The van der Waals surface area contributed by atoms with E-state index in [0.29, 0.717) is 37.4 Å². The van der Waals surface area contributed by atoms with Crippen molar-refractivity contribution in [2.24, 2.45) is 4.99 Å². The molecular formula is C23H22FN5O2. The third kappa shape index (κ3) is 4.79. The largest absolute Gasteiger partial charge is 0.356 e. The number of halogens is 1. The van der Waals surface area contributed by atoms with E-state index in [9.17, 15) is 9.18 Å². The van der Waals surface area contributed by atoms with Gasteiger partial charge < -0.3 is 9.64 Å². The van der Waals surface area contributed by atoms with Crippen molar-refractivity contribution in [1.82, 2.24) is 19.9 Å². The van der Waals surface area contributed by atoms with Crippen molar-refractivity contribution in [3.8, 4) is 11.8 Å². The Morgan fingerprint density at radius 3 is 2.74 bits per heavy atom. The molecule has 1 saturated heterocycles. The molecule has 7 nitrogen and oxygen atoms in total. The maximum atomic E-state index is 14.2. The van der Waals surface area contributed by atoms with Gasteiger partial charge in [-0.05, 0) is 42.3 Å². The fourth-order valence-corrected chi connectivity index (χ4v) is 3.44. The van der Waals surface area contributed by atoms with E-state index in [0.717, 1.165) is 0 Å². The number of methoxy groups -OCH3 is 1. The van der Waals surface area contributed by atoms with Gasteiger partial charge in [-0.15, -0.1) is 0 Å². The van der Waals surface area contributed by atoms with Crippen LogP contribution in [-0.2, 0) is 4.74 Å². The number of amides is 1. The Morgan fingerprint density at radius 1 is 1.16 bits per heavy atom. The van der Waals surface area contributed by atoms with Crippen LogP contribution in [-0.4, -0.2) is 71.7 Å². The Hall–Kier alpha value is -3.54. The molecule has 2 aromatic rings. The van der Waals surface area contributed by atoms with Crippen LogP contribution in [0.1, 0.15) is 21.6 Å². The van der Waals surface area contributed by atoms with Crippen molar-refractivity contribution < 1.29 is 13.9 Å². The van der Waals surface area contributed by atoms with E-state index >= 15 is 0 Å². The Balaban J connectivity index is 1.43. The molecule has 0 saturated carbocycles. The van der Waals surface area contributed by atoms with E-state index in [-0.39, 0.29) is 17.7 Å². The molecule has 4 rings (SSSR count). The second-order valence-corrected chi connectivity index (χ2v) is 7.02. The van der Waals surface area contributed by atoms with E-state index in [4.69, 9.17) is 4.74 Å². The number of benzene rings is 1. The van der Waals surface area contributed by atoms with Gasteiger partial charge in [-0.25, -0.2) is 19.4 Å². The first-order valence-electron chi connectivity index (χ1n) is 9.93. The Labute approximate surface area is 180 Å². The van der Waals surface area contributed by atoms with E-state index in [1.807, 2.05) is 17.2 Å². The minimum absolute atomic E-state index is 0.143. The zero-order valence-corrected chi connectivity index (χ0v) is 17.1. The standard InChI is InChI=1S/C23H22FN5O2/c1-31-22-9-11-25-17-29(22)28-14-12-27(13-15-28)23(30)19-6-8-21(24)18(16-19)5-7-20-4-2-3-10-26-20/h2-4,6,8-11,16-17,22H,12-15H2,1H3. The van der Waals surface area contributed by atoms with Crippen LogP contribution in [0.3, 0.4) is 0 Å². The van der Waals surface area contributed by atoms with E-state index in [1.165, 1.54) is 18.2 Å². The van der Waals surface area contributed by atoms with Gasteiger partial charge in [-0.3, -0.25) is 9.80 Å². The summed E-state index contributed by atoms with van der Waals surface area (Å²) in [5.41, 5.74) is 1.13. The maximum Gasteiger partial charge on any atom is 0.253 e. The van der Waals surface area contributed by atoms with Gasteiger partial charge in [-0.2, -0.15) is 0 Å². The molecule has 8 heteroatoms. The molecule has 0 bridgehead atoms. The summed E-state index contributed by atoms with van der Waals surface area (Å²) in [4.78, 5) is 23.0. The molecule has 0 N–H and O–H groups in total. The number of rotatable bonds is 3. The van der Waals surface area contributed by atoms with Crippen molar-refractivity contribution in [3.63, 3.8) is 0 Å². The fraction of sp³-hybridized carbons (Fsp3) is 0.261. The van der Waals surface area contributed by atoms with Crippen molar-refractivity contribution in [1.29, 1.82) is 0 Å². The van der Waals surface area contributed by atoms with Crippen molar-refractivity contribution >= 4 is 12.2 Å². The van der Waals surface area contributed by atoms with E-state index in [1.54, 1.807) is 42.9 Å². The normalized spacial score (nSPS) is 18.6. The monoisotopic (exact) mass is 419 g/mol. The molecule has 1 fully saturated rings. The quantitative estimate of drug-likeness (QED) is 0.714. The Bertz CT molecular complexity index is 1050. The molecule has 1 aromatic heterocycles. The van der Waals surface area contributed by atoms with Gasteiger partial charge in [-0.1, -0.05) is 12.0 Å². The zero-order valence-electron chi connectivity index (χ0n) is 17.1. The van der Waals surface area contributed by atoms with Gasteiger partial charge in [0.1, 0.15) is 17.8 Å². The van der Waals surface area contributed by atoms with Gasteiger partial charge in [0.2, 0.25) is 0 Å². The molecule has 2 aliphatic rings. The van der Waals surface area contributed by atoms with Gasteiger partial charge in [0.15, 0.2) is 6.23 Å². The highest BCUT2D eigenvalue weighted by atomic mass is 19.1. The van der Waals surface area contributed by atoms with Crippen LogP contribution in [0.2, 0.25) is 0 Å². The number of ether oxygens (including phenoxy) is 1. The number of hydrogen-bond donors (Lipinski definition) is 0. The third-order valence-electron chi connectivity index (χ3n) is 5.10. The number of nitrogens with zero attached hydrogens (tertiary/aromatic N) is 5. The van der Waals surface area contributed by atoms with Gasteiger partial charge in [0, 0.05) is 51.2 Å². The predicted molar refractivity (Wildman–Crippen MR) is 114 cm³/mol. The second-order valence-electron chi connectivity index (χ2n) is 7.02. The number of hydrogen-bond acceptors (Lipinski definition) is 6. The number of hydrazine groups is 1. The average Bonchev–Trinajstić information content (AvgIpc) is 2.84. The Kier molecular flexibility index (Phi) is 6.36. The lowest BCUT2D eigenvalue weighted by Gasteiger charge is -2.42. The summed E-state index contributed by atoms with van der Waals surface area (Å²) in [6.07, 6.45) is 6.70. The number of aliphatic imine (C=N–C) groups is 1. The lowest BCUT2D eigenvalue weighted by Crippen LogP contribution is -2.57. The summed E-state index contributed by atoms with van der Waals surface area (Å²) in [5, 5.41) is 4.02. The third-order valence-corrected chi connectivity index (χ3v) is 5.10. The molecule has 31 heavy (non-hydrogen) atoms. The first-order valence-corrected chi connectivity index (χ1v) is 9.93. The van der Waals surface area contributed by atoms with Crippen LogP contribution in [0.15, 0.2) is 59.9 Å². The maximum absolute atomic E-state index is 14.2. The lowest BCUT2D eigenvalue weighted by molar-refractivity contribution is -0.0922. The highest BCUT2D eigenvalue weighted by Gasteiger charge is 2.28. The number of piperazine rings is 1. The summed E-state index contributed by atoms with van der Waals surface area (Å²) in [5.74, 6) is 5.00. The number of pyridine rings is 1. The molecule has 0 spiro atoms. The van der Waals surface area contributed by atoms with Crippen molar-refractivity contribution in [2.45, 2.75) is 6.23 Å². The van der Waals surface area contributed by atoms with Crippen molar-refractivity contribution in [3.05, 3.63) is 77.5 Å². The summed E-state index contributed by atoms with van der Waals surface area (Å²) >= 11 is 0. The van der Waals surface area contributed by atoms with Gasteiger partial charge >= 0.3 is 0 Å². The minimum Gasteiger partial charge on any atom is -0.356 e. The SMILES string of the molecule is COC1C=CN=CN1N1CCN(C(=O)c2ccc(F)c(C#Cc3ccccn3)c2)CC1. The first kappa shape index (κ1) is 20.7. The van der Waals surface area contributed by atoms with Crippen LogP contribution < -0.4 is 0 Å². The molecule has 1 atom stereocenters. The second kappa shape index (κ2) is 9.51. The summed E-state index contributed by atoms with van der Waals surface area (Å²) < 4.78 is 19.7. The first-order chi connectivity index (χ1) is 15.2. The summed E-state index contributed by atoms with van der Waals surface area (Å²) in [7, 11) is 1.64. The summed E-state index contributed by atoms with van der Waals surface area (Å²) in [6, 6.07) is 9.63. The van der Waals surface area contributed by atoms with Crippen LogP contribution in [0, 0.1) is 17.7 Å². The van der Waals surface area contributed by atoms with Crippen LogP contribution in [0.4, 0.5) is 4.39 Å². The number of carbonyl (C=O) groups is 1. The lowest BCUT2D eigenvalue weighted by atomic mass is 10.1. The molecule has 0 radical (unpaired) electrons. The number of carbonyl (C=O) groups excluding carboxylic acids is 1. The van der Waals surface area contributed by atoms with Crippen LogP contribution >= 0.6 is 0 Å². The van der Waals surface area contributed by atoms with Crippen LogP contribution in [0.5, 0.6) is 0 Å². The van der Waals surface area contributed by atoms with E-state index < -0.39 is 5.82 Å².